The normalized spacial score (nSPS) is 28.8. The second-order valence-corrected chi connectivity index (χ2v) is 6.74. The molecule has 1 aliphatic carbocycles. The molecule has 2 N–H and O–H groups in total. The van der Waals surface area contributed by atoms with E-state index < -0.39 is 0 Å². The Morgan fingerprint density at radius 2 is 2.10 bits per heavy atom. The van der Waals surface area contributed by atoms with Crippen LogP contribution in [0.2, 0.25) is 0 Å². The Morgan fingerprint density at radius 1 is 1.30 bits per heavy atom. The van der Waals surface area contributed by atoms with E-state index in [1.807, 2.05) is 10.9 Å². The van der Waals surface area contributed by atoms with Crippen LogP contribution >= 0.6 is 0 Å². The molecule has 2 heterocycles. The maximum absolute atomic E-state index is 6.13. The summed E-state index contributed by atoms with van der Waals surface area (Å²) >= 11 is 0. The Hall–Kier alpha value is -0.870. The summed E-state index contributed by atoms with van der Waals surface area (Å²) in [7, 11) is 0. The number of nitrogens with two attached hydrogens (primary N) is 1. The number of rotatable bonds is 4. The van der Waals surface area contributed by atoms with E-state index in [1.165, 1.54) is 44.2 Å². The second-order valence-electron chi connectivity index (χ2n) is 6.74. The van der Waals surface area contributed by atoms with Crippen LogP contribution < -0.4 is 5.73 Å². The van der Waals surface area contributed by atoms with Crippen molar-refractivity contribution in [1.29, 1.82) is 0 Å². The lowest BCUT2D eigenvalue weighted by Crippen LogP contribution is -2.46. The molecule has 0 amide bonds. The third-order valence-electron chi connectivity index (χ3n) is 5.20. The molecule has 0 bridgehead atoms. The molecule has 3 rings (SSSR count). The van der Waals surface area contributed by atoms with Crippen LogP contribution in [0.1, 0.15) is 63.6 Å². The predicted molar refractivity (Wildman–Crippen MR) is 81.5 cm³/mol. The van der Waals surface area contributed by atoms with Crippen molar-refractivity contribution in [2.75, 3.05) is 13.1 Å². The summed E-state index contributed by atoms with van der Waals surface area (Å²) in [5.41, 5.74) is 7.42. The number of nitrogens with zero attached hydrogens (tertiary/aromatic N) is 3. The van der Waals surface area contributed by atoms with Gasteiger partial charge in [0.15, 0.2) is 0 Å². The molecule has 20 heavy (non-hydrogen) atoms. The summed E-state index contributed by atoms with van der Waals surface area (Å²) in [6, 6.07) is 1.54. The molecule has 1 saturated carbocycles. The van der Waals surface area contributed by atoms with Gasteiger partial charge in [0, 0.05) is 30.4 Å². The van der Waals surface area contributed by atoms with Crippen LogP contribution in [-0.4, -0.2) is 33.8 Å². The van der Waals surface area contributed by atoms with Crippen molar-refractivity contribution in [3.63, 3.8) is 0 Å². The number of piperidine rings is 1. The Morgan fingerprint density at radius 3 is 2.80 bits per heavy atom. The molecule has 1 aromatic heterocycles. The van der Waals surface area contributed by atoms with Crippen molar-refractivity contribution in [3.05, 3.63) is 18.0 Å². The van der Waals surface area contributed by atoms with E-state index in [9.17, 15) is 0 Å². The fourth-order valence-electron chi connectivity index (χ4n) is 4.15. The molecular formula is C16H28N4. The zero-order valence-electron chi connectivity index (χ0n) is 12.8. The van der Waals surface area contributed by atoms with Gasteiger partial charge < -0.3 is 5.73 Å². The molecule has 3 atom stereocenters. The first-order valence-electron chi connectivity index (χ1n) is 8.20. The van der Waals surface area contributed by atoms with Crippen molar-refractivity contribution < 1.29 is 0 Å². The van der Waals surface area contributed by atoms with E-state index in [4.69, 9.17) is 5.73 Å². The van der Waals surface area contributed by atoms with Crippen LogP contribution in [0.25, 0.3) is 0 Å². The lowest BCUT2D eigenvalue weighted by molar-refractivity contribution is 0.0701. The molecule has 4 nitrogen and oxygen atoms in total. The highest BCUT2D eigenvalue weighted by Crippen LogP contribution is 2.40. The number of hydrogen-bond acceptors (Lipinski definition) is 3. The molecule has 2 aliphatic rings. The first-order valence-corrected chi connectivity index (χ1v) is 8.20. The molecule has 0 aromatic carbocycles. The maximum atomic E-state index is 6.13. The van der Waals surface area contributed by atoms with Crippen molar-refractivity contribution >= 4 is 0 Å². The monoisotopic (exact) mass is 276 g/mol. The molecule has 0 spiro atoms. The summed E-state index contributed by atoms with van der Waals surface area (Å²) in [5, 5.41) is 4.50. The summed E-state index contributed by atoms with van der Waals surface area (Å²) in [4.78, 5) is 2.68. The van der Waals surface area contributed by atoms with Gasteiger partial charge in [-0.25, -0.2) is 0 Å². The topological polar surface area (TPSA) is 47.1 Å². The molecule has 1 saturated heterocycles. The van der Waals surface area contributed by atoms with Gasteiger partial charge in [-0.15, -0.1) is 0 Å². The Kier molecular flexibility index (Phi) is 4.13. The van der Waals surface area contributed by atoms with Gasteiger partial charge in [0.2, 0.25) is 0 Å². The number of aromatic nitrogens is 2. The van der Waals surface area contributed by atoms with Gasteiger partial charge in [-0.2, -0.15) is 5.10 Å². The number of hydrogen-bond donors (Lipinski definition) is 1. The van der Waals surface area contributed by atoms with Crippen LogP contribution in [0, 0.1) is 5.92 Å². The van der Waals surface area contributed by atoms with Crippen molar-refractivity contribution in [2.45, 2.75) is 64.1 Å². The van der Waals surface area contributed by atoms with Gasteiger partial charge in [0.05, 0.1) is 12.2 Å². The van der Waals surface area contributed by atoms with Crippen LogP contribution in [0.15, 0.2) is 12.4 Å². The first kappa shape index (κ1) is 14.1. The van der Waals surface area contributed by atoms with Gasteiger partial charge >= 0.3 is 0 Å². The fraction of sp³-hybridized carbons (Fsp3) is 0.812. The largest absolute Gasteiger partial charge is 0.329 e. The molecule has 4 heteroatoms. The highest BCUT2D eigenvalue weighted by Gasteiger charge is 2.38. The predicted octanol–water partition coefficient (Wildman–Crippen LogP) is 2.73. The summed E-state index contributed by atoms with van der Waals surface area (Å²) in [5.74, 6) is 0.915. The molecule has 3 unspecified atom stereocenters. The van der Waals surface area contributed by atoms with E-state index in [0.717, 1.165) is 12.0 Å². The maximum Gasteiger partial charge on any atom is 0.0538 e. The first-order chi connectivity index (χ1) is 9.70. The third-order valence-corrected chi connectivity index (χ3v) is 5.20. The Labute approximate surface area is 122 Å². The van der Waals surface area contributed by atoms with Gasteiger partial charge in [-0.1, -0.05) is 6.42 Å². The highest BCUT2D eigenvalue weighted by atomic mass is 15.3. The molecule has 2 fully saturated rings. The zero-order chi connectivity index (χ0) is 14.1. The lowest BCUT2D eigenvalue weighted by Gasteiger charge is -2.42. The fourth-order valence-corrected chi connectivity index (χ4v) is 4.15. The van der Waals surface area contributed by atoms with Crippen LogP contribution in [0.3, 0.4) is 0 Å². The quantitative estimate of drug-likeness (QED) is 0.920. The van der Waals surface area contributed by atoms with Crippen LogP contribution in [-0.2, 0) is 0 Å². The molecule has 1 aliphatic heterocycles. The minimum atomic E-state index is 0.355. The van der Waals surface area contributed by atoms with Crippen molar-refractivity contribution in [3.8, 4) is 0 Å². The van der Waals surface area contributed by atoms with Gasteiger partial charge in [0.25, 0.3) is 0 Å². The smallest absolute Gasteiger partial charge is 0.0538 e. The Bertz CT molecular complexity index is 439. The minimum absolute atomic E-state index is 0.355. The Balaban J connectivity index is 1.80. The lowest BCUT2D eigenvalue weighted by atomic mass is 9.90. The van der Waals surface area contributed by atoms with Crippen molar-refractivity contribution in [2.24, 2.45) is 11.7 Å². The van der Waals surface area contributed by atoms with E-state index >= 15 is 0 Å². The van der Waals surface area contributed by atoms with E-state index in [0.29, 0.717) is 18.6 Å². The zero-order valence-corrected chi connectivity index (χ0v) is 12.8. The minimum Gasteiger partial charge on any atom is -0.329 e. The summed E-state index contributed by atoms with van der Waals surface area (Å²) in [6.45, 7) is 6.24. The van der Waals surface area contributed by atoms with E-state index in [2.05, 4.69) is 30.0 Å². The van der Waals surface area contributed by atoms with Crippen LogP contribution in [0.4, 0.5) is 0 Å². The second kappa shape index (κ2) is 5.86. The molecule has 112 valence electrons. The average Bonchev–Trinajstić information content (AvgIpc) is 3.08. The number of fused-ring (bicyclic) bond motifs is 1. The van der Waals surface area contributed by atoms with Gasteiger partial charge in [-0.05, 0) is 52.0 Å². The summed E-state index contributed by atoms with van der Waals surface area (Å²) in [6.07, 6.45) is 11.1. The van der Waals surface area contributed by atoms with Crippen LogP contribution in [0.5, 0.6) is 0 Å². The molecule has 1 aromatic rings. The molecule has 0 radical (unpaired) electrons. The number of likely N-dealkylation sites (tertiary alicyclic amines) is 1. The average molecular weight is 276 g/mol. The third kappa shape index (κ3) is 2.51. The standard InChI is InChI=1S/C16H28N4/c1-12(2)20-11-14(10-18-20)16(9-17)19-8-4-6-13-5-3-7-15(13)19/h10-13,15-16H,3-9,17H2,1-2H3. The van der Waals surface area contributed by atoms with Crippen molar-refractivity contribution in [1.82, 2.24) is 14.7 Å². The van der Waals surface area contributed by atoms with Gasteiger partial charge in [0.1, 0.15) is 0 Å². The highest BCUT2D eigenvalue weighted by molar-refractivity contribution is 5.13. The van der Waals surface area contributed by atoms with E-state index in [1.54, 1.807) is 0 Å². The SMILES string of the molecule is CC(C)n1cc(C(CN)N2CCCC3CCCC32)cn1. The summed E-state index contributed by atoms with van der Waals surface area (Å²) < 4.78 is 2.05. The molecular weight excluding hydrogens is 248 g/mol. The van der Waals surface area contributed by atoms with Gasteiger partial charge in [-0.3, -0.25) is 9.58 Å². The van der Waals surface area contributed by atoms with E-state index in [-0.39, 0.29) is 0 Å².